The van der Waals surface area contributed by atoms with E-state index in [1.165, 1.54) is 0 Å². The number of nitro benzene ring substituents is 1. The van der Waals surface area contributed by atoms with Gasteiger partial charge in [-0.15, -0.1) is 0 Å². The minimum Gasteiger partial charge on any atom is -0.388 e. The number of benzene rings is 1. The van der Waals surface area contributed by atoms with E-state index in [1.54, 1.807) is 0 Å². The highest BCUT2D eigenvalue weighted by atomic mass is 19.1. The average molecular weight is 288 g/mol. The van der Waals surface area contributed by atoms with Crippen molar-refractivity contribution in [2.45, 2.75) is 12.2 Å². The van der Waals surface area contributed by atoms with Gasteiger partial charge in [0.2, 0.25) is 5.82 Å². The molecule has 7 nitrogen and oxygen atoms in total. The number of amides is 1. The summed E-state index contributed by atoms with van der Waals surface area (Å²) in [6.07, 6.45) is -2.32. The van der Waals surface area contributed by atoms with Crippen molar-refractivity contribution >= 4 is 11.6 Å². The Labute approximate surface area is 111 Å². The van der Waals surface area contributed by atoms with Crippen molar-refractivity contribution in [2.75, 3.05) is 13.1 Å². The van der Waals surface area contributed by atoms with E-state index in [-0.39, 0.29) is 13.1 Å². The number of likely N-dealkylation sites (tertiary alicyclic amines) is 1. The van der Waals surface area contributed by atoms with Crippen LogP contribution < -0.4 is 0 Å². The Kier molecular flexibility index (Phi) is 3.64. The van der Waals surface area contributed by atoms with Crippen molar-refractivity contribution in [3.63, 3.8) is 0 Å². The zero-order valence-corrected chi connectivity index (χ0v) is 9.99. The number of nitro groups is 1. The molecule has 0 saturated carbocycles. The van der Waals surface area contributed by atoms with Crippen LogP contribution in [0.5, 0.6) is 0 Å². The van der Waals surface area contributed by atoms with Crippen LogP contribution in [0.2, 0.25) is 0 Å². The molecule has 0 aromatic heterocycles. The topological polar surface area (TPSA) is 104 Å². The maximum atomic E-state index is 13.6. The smallest absolute Gasteiger partial charge is 0.307 e. The molecule has 1 amide bonds. The van der Waals surface area contributed by atoms with Crippen LogP contribution in [0.15, 0.2) is 12.1 Å². The minimum absolute atomic E-state index is 0.224. The average Bonchev–Trinajstić information content (AvgIpc) is 2.71. The summed E-state index contributed by atoms with van der Waals surface area (Å²) in [5.74, 6) is -3.52. The number of aliphatic hydroxyl groups is 2. The zero-order chi connectivity index (χ0) is 15.0. The molecule has 1 aromatic carbocycles. The second kappa shape index (κ2) is 5.10. The Hall–Kier alpha value is -2.13. The van der Waals surface area contributed by atoms with E-state index in [4.69, 9.17) is 0 Å². The predicted octanol–water partition coefficient (Wildman–Crippen LogP) is 0.0506. The SMILES string of the molecule is O=C(c1cc(F)c([N+](=O)[O-])cc1F)N1C[C@@H](O)[C@@H](O)C1. The third-order valence-electron chi connectivity index (χ3n) is 3.01. The van der Waals surface area contributed by atoms with Crippen molar-refractivity contribution in [2.24, 2.45) is 0 Å². The molecule has 2 rings (SSSR count). The van der Waals surface area contributed by atoms with Crippen molar-refractivity contribution in [3.8, 4) is 0 Å². The molecule has 1 aromatic rings. The van der Waals surface area contributed by atoms with E-state index >= 15 is 0 Å². The van der Waals surface area contributed by atoms with Crippen LogP contribution in [0, 0.1) is 21.7 Å². The monoisotopic (exact) mass is 288 g/mol. The number of carbonyl (C=O) groups is 1. The van der Waals surface area contributed by atoms with Gasteiger partial charge in [-0.25, -0.2) is 4.39 Å². The molecule has 1 saturated heterocycles. The summed E-state index contributed by atoms with van der Waals surface area (Å²) >= 11 is 0. The summed E-state index contributed by atoms with van der Waals surface area (Å²) in [6, 6.07) is 0.762. The van der Waals surface area contributed by atoms with E-state index in [0.29, 0.717) is 12.1 Å². The van der Waals surface area contributed by atoms with E-state index < -0.39 is 45.9 Å². The van der Waals surface area contributed by atoms with Gasteiger partial charge in [0, 0.05) is 13.1 Å². The minimum atomic E-state index is -1.33. The number of carbonyl (C=O) groups excluding carboxylic acids is 1. The fraction of sp³-hybridized carbons (Fsp3) is 0.364. The highest BCUT2D eigenvalue weighted by molar-refractivity contribution is 5.95. The van der Waals surface area contributed by atoms with E-state index in [9.17, 15) is 33.9 Å². The molecule has 0 aliphatic carbocycles. The molecule has 1 aliphatic heterocycles. The normalized spacial score (nSPS) is 22.1. The molecule has 108 valence electrons. The quantitative estimate of drug-likeness (QED) is 0.591. The van der Waals surface area contributed by atoms with Gasteiger partial charge in [0.05, 0.1) is 28.8 Å². The Balaban J connectivity index is 2.32. The maximum Gasteiger partial charge on any atom is 0.307 e. The fourth-order valence-corrected chi connectivity index (χ4v) is 1.95. The molecule has 2 atom stereocenters. The van der Waals surface area contributed by atoms with Gasteiger partial charge < -0.3 is 15.1 Å². The van der Waals surface area contributed by atoms with Crippen LogP contribution >= 0.6 is 0 Å². The second-order valence-electron chi connectivity index (χ2n) is 4.39. The van der Waals surface area contributed by atoms with Gasteiger partial charge in [0.1, 0.15) is 5.82 Å². The third kappa shape index (κ3) is 2.45. The molecule has 1 heterocycles. The van der Waals surface area contributed by atoms with Crippen LogP contribution in [0.3, 0.4) is 0 Å². The van der Waals surface area contributed by atoms with Crippen molar-refractivity contribution in [3.05, 3.63) is 39.4 Å². The lowest BCUT2D eigenvalue weighted by atomic mass is 10.1. The summed E-state index contributed by atoms with van der Waals surface area (Å²) in [5, 5.41) is 29.0. The first-order chi connectivity index (χ1) is 9.31. The molecule has 0 bridgehead atoms. The summed E-state index contributed by atoms with van der Waals surface area (Å²) in [5.41, 5.74) is -1.75. The van der Waals surface area contributed by atoms with Crippen LogP contribution in [-0.4, -0.2) is 51.2 Å². The molecule has 9 heteroatoms. The van der Waals surface area contributed by atoms with Gasteiger partial charge in [0.15, 0.2) is 0 Å². The van der Waals surface area contributed by atoms with Crippen molar-refractivity contribution < 1.29 is 28.7 Å². The zero-order valence-electron chi connectivity index (χ0n) is 9.99. The highest BCUT2D eigenvalue weighted by Crippen LogP contribution is 2.23. The van der Waals surface area contributed by atoms with E-state index in [1.807, 2.05) is 0 Å². The lowest BCUT2D eigenvalue weighted by Gasteiger charge is -2.15. The van der Waals surface area contributed by atoms with Crippen LogP contribution in [-0.2, 0) is 0 Å². The third-order valence-corrected chi connectivity index (χ3v) is 3.01. The molecular formula is C11H10F2N2O5. The Bertz CT molecular complexity index is 570. The van der Waals surface area contributed by atoms with Crippen molar-refractivity contribution in [1.29, 1.82) is 0 Å². The summed E-state index contributed by atoms with van der Waals surface area (Å²) in [6.45, 7) is -0.448. The first kappa shape index (κ1) is 14.3. The first-order valence-corrected chi connectivity index (χ1v) is 5.60. The Morgan fingerprint density at radius 1 is 1.25 bits per heavy atom. The van der Waals surface area contributed by atoms with Gasteiger partial charge in [0.25, 0.3) is 5.91 Å². The molecule has 0 radical (unpaired) electrons. The lowest BCUT2D eigenvalue weighted by molar-refractivity contribution is -0.387. The molecule has 0 unspecified atom stereocenters. The Morgan fingerprint density at radius 2 is 1.80 bits per heavy atom. The molecule has 20 heavy (non-hydrogen) atoms. The number of halogens is 2. The maximum absolute atomic E-state index is 13.6. The first-order valence-electron chi connectivity index (χ1n) is 5.60. The number of aliphatic hydroxyl groups excluding tert-OH is 2. The van der Waals surface area contributed by atoms with E-state index in [0.717, 1.165) is 4.90 Å². The number of β-amino-alcohol motifs (C(OH)–C–C–N with tert-alkyl or cyclic N) is 2. The molecule has 2 N–H and O–H groups in total. The van der Waals surface area contributed by atoms with Crippen LogP contribution in [0.4, 0.5) is 14.5 Å². The second-order valence-corrected chi connectivity index (χ2v) is 4.39. The number of rotatable bonds is 2. The summed E-state index contributed by atoms with van der Waals surface area (Å²) in [4.78, 5) is 22.2. The number of hydrogen-bond acceptors (Lipinski definition) is 5. The summed E-state index contributed by atoms with van der Waals surface area (Å²) in [7, 11) is 0. The lowest BCUT2D eigenvalue weighted by Crippen LogP contribution is -2.30. The molecule has 0 spiro atoms. The molecular weight excluding hydrogens is 278 g/mol. The van der Waals surface area contributed by atoms with Crippen LogP contribution in [0.25, 0.3) is 0 Å². The molecule has 1 aliphatic rings. The van der Waals surface area contributed by atoms with Crippen LogP contribution in [0.1, 0.15) is 10.4 Å². The largest absolute Gasteiger partial charge is 0.388 e. The van der Waals surface area contributed by atoms with Gasteiger partial charge in [-0.2, -0.15) is 4.39 Å². The number of nitrogens with zero attached hydrogens (tertiary/aromatic N) is 2. The Morgan fingerprint density at radius 3 is 2.30 bits per heavy atom. The fourth-order valence-electron chi connectivity index (χ4n) is 1.95. The standard InChI is InChI=1S/C11H10F2N2O5/c12-6-2-8(15(19)20)7(13)1-5(6)11(18)14-3-9(16)10(17)4-14/h1-2,9-10,16-17H,3-4H2/t9-,10+. The van der Waals surface area contributed by atoms with E-state index in [2.05, 4.69) is 0 Å². The van der Waals surface area contributed by atoms with Gasteiger partial charge in [-0.3, -0.25) is 14.9 Å². The van der Waals surface area contributed by atoms with Gasteiger partial charge in [-0.05, 0) is 6.07 Å². The van der Waals surface area contributed by atoms with Crippen molar-refractivity contribution in [1.82, 2.24) is 4.90 Å². The van der Waals surface area contributed by atoms with Gasteiger partial charge >= 0.3 is 5.69 Å². The highest BCUT2D eigenvalue weighted by Gasteiger charge is 2.34. The predicted molar refractivity (Wildman–Crippen MR) is 60.9 cm³/mol. The summed E-state index contributed by atoms with van der Waals surface area (Å²) < 4.78 is 27.0. The molecule has 1 fully saturated rings. The van der Waals surface area contributed by atoms with Gasteiger partial charge in [-0.1, -0.05) is 0 Å². The number of hydrogen-bond donors (Lipinski definition) is 2.